The molecule has 5 heteroatoms. The van der Waals surface area contributed by atoms with Crippen LogP contribution in [0, 0.1) is 6.92 Å². The molecule has 0 saturated carbocycles. The van der Waals surface area contributed by atoms with Crippen LogP contribution in [0.3, 0.4) is 0 Å². The molecular weight excluding hydrogens is 206 g/mol. The third-order valence-corrected chi connectivity index (χ3v) is 2.95. The van der Waals surface area contributed by atoms with Crippen molar-refractivity contribution in [3.63, 3.8) is 0 Å². The zero-order chi connectivity index (χ0) is 11.0. The fourth-order valence-electron chi connectivity index (χ4n) is 1.99. The van der Waals surface area contributed by atoms with Gasteiger partial charge in [0, 0.05) is 6.54 Å². The Bertz CT molecular complexity index is 483. The van der Waals surface area contributed by atoms with Crippen molar-refractivity contribution in [2.75, 3.05) is 13.1 Å². The molecule has 1 aliphatic rings. The summed E-state index contributed by atoms with van der Waals surface area (Å²) in [7, 11) is 0. The second-order valence-electron chi connectivity index (χ2n) is 4.04. The van der Waals surface area contributed by atoms with Crippen LogP contribution in [0.4, 0.5) is 0 Å². The van der Waals surface area contributed by atoms with Gasteiger partial charge in [0.15, 0.2) is 0 Å². The summed E-state index contributed by atoms with van der Waals surface area (Å²) in [5.74, 6) is 2.51. The molecule has 1 fully saturated rings. The van der Waals surface area contributed by atoms with Crippen LogP contribution in [0.5, 0.6) is 0 Å². The predicted molar refractivity (Wildman–Crippen MR) is 57.0 cm³/mol. The number of nitrogens with one attached hydrogen (secondary N) is 1. The number of hydrogen-bond donors (Lipinski definition) is 1. The minimum atomic E-state index is 0.355. The molecule has 0 radical (unpaired) electrons. The Hall–Kier alpha value is -1.62. The molecule has 3 rings (SSSR count). The fraction of sp³-hybridized carbons (Fsp3) is 0.455. The van der Waals surface area contributed by atoms with Gasteiger partial charge in [-0.05, 0) is 26.0 Å². The third kappa shape index (κ3) is 1.53. The number of furan rings is 1. The lowest BCUT2D eigenvalue weighted by atomic mass is 10.1. The molecule has 5 nitrogen and oxygen atoms in total. The lowest BCUT2D eigenvalue weighted by Crippen LogP contribution is -2.08. The van der Waals surface area contributed by atoms with Crippen molar-refractivity contribution < 1.29 is 8.94 Å². The smallest absolute Gasteiger partial charge is 0.231 e. The molecule has 1 aliphatic heterocycles. The largest absolute Gasteiger partial charge is 0.469 e. The molecule has 0 spiro atoms. The molecular formula is C11H13N3O2. The highest BCUT2D eigenvalue weighted by molar-refractivity contribution is 5.56. The molecule has 3 heterocycles. The quantitative estimate of drug-likeness (QED) is 0.833. The van der Waals surface area contributed by atoms with Crippen LogP contribution in [0.25, 0.3) is 11.4 Å². The number of nitrogens with zero attached hydrogens (tertiary/aromatic N) is 2. The summed E-state index contributed by atoms with van der Waals surface area (Å²) in [4.78, 5) is 4.42. The van der Waals surface area contributed by atoms with E-state index in [0.717, 1.165) is 36.7 Å². The van der Waals surface area contributed by atoms with Crippen LogP contribution in [-0.4, -0.2) is 23.2 Å². The number of aromatic nitrogens is 2. The maximum absolute atomic E-state index is 5.28. The summed E-state index contributed by atoms with van der Waals surface area (Å²) in [5, 5.41) is 7.27. The minimum absolute atomic E-state index is 0.355. The normalized spacial score (nSPS) is 20.4. The Kier molecular flexibility index (Phi) is 2.25. The van der Waals surface area contributed by atoms with Gasteiger partial charge in [0.1, 0.15) is 5.76 Å². The standard InChI is InChI=1S/C11H13N3O2/c1-7-9(3-5-15-7)10-13-11(16-14-10)8-2-4-12-6-8/h3,5,8,12H,2,4,6H2,1H3. The van der Waals surface area contributed by atoms with E-state index in [1.165, 1.54) is 0 Å². The first-order valence-electron chi connectivity index (χ1n) is 5.43. The molecule has 16 heavy (non-hydrogen) atoms. The first kappa shape index (κ1) is 9.59. The second-order valence-corrected chi connectivity index (χ2v) is 4.04. The Morgan fingerprint density at radius 2 is 2.44 bits per heavy atom. The molecule has 1 saturated heterocycles. The van der Waals surface area contributed by atoms with Crippen LogP contribution >= 0.6 is 0 Å². The van der Waals surface area contributed by atoms with Crippen LogP contribution in [0.15, 0.2) is 21.3 Å². The van der Waals surface area contributed by atoms with Gasteiger partial charge in [-0.25, -0.2) is 0 Å². The van der Waals surface area contributed by atoms with Gasteiger partial charge >= 0.3 is 0 Å². The van der Waals surface area contributed by atoms with E-state index in [1.807, 2.05) is 13.0 Å². The van der Waals surface area contributed by atoms with Crippen LogP contribution in [0.1, 0.15) is 24.0 Å². The van der Waals surface area contributed by atoms with E-state index in [1.54, 1.807) is 6.26 Å². The van der Waals surface area contributed by atoms with Crippen molar-refractivity contribution in [1.82, 2.24) is 15.5 Å². The number of hydrogen-bond acceptors (Lipinski definition) is 5. The maximum Gasteiger partial charge on any atom is 0.231 e. The van der Waals surface area contributed by atoms with E-state index < -0.39 is 0 Å². The maximum atomic E-state index is 5.28. The SMILES string of the molecule is Cc1occc1-c1noc(C2CCNC2)n1. The van der Waals surface area contributed by atoms with Crippen molar-refractivity contribution in [3.05, 3.63) is 24.0 Å². The van der Waals surface area contributed by atoms with Gasteiger partial charge in [-0.15, -0.1) is 0 Å². The average molecular weight is 219 g/mol. The van der Waals surface area contributed by atoms with E-state index >= 15 is 0 Å². The molecule has 1 atom stereocenters. The summed E-state index contributed by atoms with van der Waals surface area (Å²) in [5.41, 5.74) is 0.904. The van der Waals surface area contributed by atoms with Gasteiger partial charge in [0.25, 0.3) is 0 Å². The fourth-order valence-corrected chi connectivity index (χ4v) is 1.99. The van der Waals surface area contributed by atoms with Crippen molar-refractivity contribution >= 4 is 0 Å². The van der Waals surface area contributed by atoms with Crippen molar-refractivity contribution in [2.24, 2.45) is 0 Å². The highest BCUT2D eigenvalue weighted by Gasteiger charge is 2.23. The van der Waals surface area contributed by atoms with Gasteiger partial charge in [-0.3, -0.25) is 0 Å². The molecule has 0 amide bonds. The Labute approximate surface area is 92.8 Å². The van der Waals surface area contributed by atoms with E-state index in [0.29, 0.717) is 11.7 Å². The monoisotopic (exact) mass is 219 g/mol. The highest BCUT2D eigenvalue weighted by atomic mass is 16.5. The van der Waals surface area contributed by atoms with Crippen LogP contribution in [0.2, 0.25) is 0 Å². The lowest BCUT2D eigenvalue weighted by molar-refractivity contribution is 0.359. The summed E-state index contributed by atoms with van der Waals surface area (Å²) in [6.07, 6.45) is 2.70. The van der Waals surface area contributed by atoms with E-state index in [-0.39, 0.29) is 0 Å². The van der Waals surface area contributed by atoms with Gasteiger partial charge in [-0.1, -0.05) is 5.16 Å². The minimum Gasteiger partial charge on any atom is -0.469 e. The van der Waals surface area contributed by atoms with Crippen LogP contribution < -0.4 is 5.32 Å². The molecule has 0 aromatic carbocycles. The second kappa shape index (κ2) is 3.75. The molecule has 1 N–H and O–H groups in total. The summed E-state index contributed by atoms with van der Waals surface area (Å²) < 4.78 is 10.5. The number of rotatable bonds is 2. The van der Waals surface area contributed by atoms with Gasteiger partial charge in [0.05, 0.1) is 17.7 Å². The Balaban J connectivity index is 1.90. The predicted octanol–water partition coefficient (Wildman–Crippen LogP) is 1.71. The van der Waals surface area contributed by atoms with Crippen molar-refractivity contribution in [1.29, 1.82) is 0 Å². The van der Waals surface area contributed by atoms with E-state index in [9.17, 15) is 0 Å². The van der Waals surface area contributed by atoms with Crippen LogP contribution in [-0.2, 0) is 0 Å². The molecule has 84 valence electrons. The first-order chi connectivity index (χ1) is 7.84. The molecule has 1 unspecified atom stereocenters. The van der Waals surface area contributed by atoms with Gasteiger partial charge in [0.2, 0.25) is 11.7 Å². The van der Waals surface area contributed by atoms with E-state index in [2.05, 4.69) is 15.5 Å². The molecule has 0 bridgehead atoms. The summed E-state index contributed by atoms with van der Waals surface area (Å²) in [6, 6.07) is 1.86. The highest BCUT2D eigenvalue weighted by Crippen LogP contribution is 2.25. The zero-order valence-electron chi connectivity index (χ0n) is 9.06. The third-order valence-electron chi connectivity index (χ3n) is 2.95. The Morgan fingerprint density at radius 1 is 1.50 bits per heavy atom. The van der Waals surface area contributed by atoms with Gasteiger partial charge in [-0.2, -0.15) is 4.98 Å². The molecule has 2 aromatic heterocycles. The summed E-state index contributed by atoms with van der Waals surface area (Å²) >= 11 is 0. The average Bonchev–Trinajstić information content (AvgIpc) is 2.96. The molecule has 2 aromatic rings. The zero-order valence-corrected chi connectivity index (χ0v) is 9.06. The van der Waals surface area contributed by atoms with Crippen molar-refractivity contribution in [3.8, 4) is 11.4 Å². The Morgan fingerprint density at radius 3 is 3.12 bits per heavy atom. The topological polar surface area (TPSA) is 64.1 Å². The lowest BCUT2D eigenvalue weighted by Gasteiger charge is -1.98. The molecule has 0 aliphatic carbocycles. The van der Waals surface area contributed by atoms with Gasteiger partial charge < -0.3 is 14.3 Å². The van der Waals surface area contributed by atoms with Crippen molar-refractivity contribution in [2.45, 2.75) is 19.3 Å². The summed E-state index contributed by atoms with van der Waals surface area (Å²) in [6.45, 7) is 3.83. The number of aryl methyl sites for hydroxylation is 1. The first-order valence-corrected chi connectivity index (χ1v) is 5.43. The van der Waals surface area contributed by atoms with E-state index in [4.69, 9.17) is 8.94 Å².